The average molecular weight is 237 g/mol. The van der Waals surface area contributed by atoms with Gasteiger partial charge < -0.3 is 9.67 Å². The van der Waals surface area contributed by atoms with E-state index in [1.807, 2.05) is 0 Å². The zero-order valence-electron chi connectivity index (χ0n) is 8.88. The minimum absolute atomic E-state index is 0.0835. The van der Waals surface area contributed by atoms with Gasteiger partial charge in [-0.05, 0) is 0 Å². The smallest absolute Gasteiger partial charge is 0.306 e. The maximum atomic E-state index is 10.4. The molecule has 2 heterocycles. The topological polar surface area (TPSA) is 99.0 Å². The number of nitrogens with zero attached hydrogens (tertiary/aromatic N) is 5. The van der Waals surface area contributed by atoms with Crippen LogP contribution in [0, 0.1) is 10.1 Å². The molecule has 1 atom stereocenters. The van der Waals surface area contributed by atoms with Crippen molar-refractivity contribution in [2.75, 3.05) is 0 Å². The third-order valence-corrected chi connectivity index (χ3v) is 2.21. The predicted octanol–water partition coefficient (Wildman–Crippen LogP) is 0.0489. The Morgan fingerprint density at radius 3 is 2.94 bits per heavy atom. The number of aliphatic hydroxyl groups excluding tert-OH is 1. The highest BCUT2D eigenvalue weighted by Crippen LogP contribution is 2.08. The standard InChI is InChI=1S/C9H11N5O3/c15-9(5-12-2-1-10-7-12)6-13-4-8(3-11-13)14(16)17/h1-4,7,9,15H,5-6H2. The summed E-state index contributed by atoms with van der Waals surface area (Å²) in [7, 11) is 0. The van der Waals surface area contributed by atoms with Crippen molar-refractivity contribution in [1.29, 1.82) is 0 Å². The third kappa shape index (κ3) is 2.88. The van der Waals surface area contributed by atoms with E-state index in [2.05, 4.69) is 10.1 Å². The molecule has 0 radical (unpaired) electrons. The molecule has 0 aliphatic heterocycles. The number of aromatic nitrogens is 4. The fourth-order valence-corrected chi connectivity index (χ4v) is 1.46. The van der Waals surface area contributed by atoms with Crippen LogP contribution in [-0.4, -0.2) is 35.5 Å². The number of hydrogen-bond acceptors (Lipinski definition) is 5. The Bertz CT molecular complexity index is 492. The van der Waals surface area contributed by atoms with Crippen LogP contribution in [0.4, 0.5) is 5.69 Å². The van der Waals surface area contributed by atoms with Gasteiger partial charge in [0.05, 0.1) is 30.4 Å². The molecular weight excluding hydrogens is 226 g/mol. The molecule has 0 saturated carbocycles. The van der Waals surface area contributed by atoms with Gasteiger partial charge in [-0.25, -0.2) is 4.98 Å². The minimum Gasteiger partial charge on any atom is -0.389 e. The van der Waals surface area contributed by atoms with Crippen molar-refractivity contribution in [1.82, 2.24) is 19.3 Å². The van der Waals surface area contributed by atoms with E-state index in [-0.39, 0.29) is 12.2 Å². The van der Waals surface area contributed by atoms with Gasteiger partial charge in [-0.1, -0.05) is 0 Å². The van der Waals surface area contributed by atoms with Crippen molar-refractivity contribution in [2.45, 2.75) is 19.2 Å². The fourth-order valence-electron chi connectivity index (χ4n) is 1.46. The van der Waals surface area contributed by atoms with Crippen LogP contribution in [0.2, 0.25) is 0 Å². The van der Waals surface area contributed by atoms with Crippen molar-refractivity contribution < 1.29 is 10.0 Å². The van der Waals surface area contributed by atoms with E-state index in [1.54, 1.807) is 23.3 Å². The monoisotopic (exact) mass is 237 g/mol. The quantitative estimate of drug-likeness (QED) is 0.585. The predicted molar refractivity (Wildman–Crippen MR) is 57.1 cm³/mol. The molecule has 0 spiro atoms. The van der Waals surface area contributed by atoms with Crippen LogP contribution in [-0.2, 0) is 13.1 Å². The first-order valence-corrected chi connectivity index (χ1v) is 4.96. The van der Waals surface area contributed by atoms with E-state index in [0.29, 0.717) is 6.54 Å². The average Bonchev–Trinajstić information content (AvgIpc) is 2.88. The van der Waals surface area contributed by atoms with Crippen LogP contribution in [0.5, 0.6) is 0 Å². The molecule has 1 N–H and O–H groups in total. The van der Waals surface area contributed by atoms with E-state index in [4.69, 9.17) is 0 Å². The molecule has 0 saturated heterocycles. The highest BCUT2D eigenvalue weighted by atomic mass is 16.6. The Hall–Kier alpha value is -2.22. The van der Waals surface area contributed by atoms with Gasteiger partial charge in [0.15, 0.2) is 0 Å². The van der Waals surface area contributed by atoms with E-state index >= 15 is 0 Å². The number of imidazole rings is 1. The van der Waals surface area contributed by atoms with Crippen molar-refractivity contribution in [2.24, 2.45) is 0 Å². The van der Waals surface area contributed by atoms with E-state index in [9.17, 15) is 15.2 Å². The Labute approximate surface area is 96.3 Å². The Kier molecular flexibility index (Phi) is 3.15. The van der Waals surface area contributed by atoms with Gasteiger partial charge in [-0.3, -0.25) is 14.8 Å². The number of rotatable bonds is 5. The van der Waals surface area contributed by atoms with Gasteiger partial charge in [0, 0.05) is 12.4 Å². The summed E-state index contributed by atoms with van der Waals surface area (Å²) in [6.07, 6.45) is 6.71. The Balaban J connectivity index is 1.93. The molecule has 17 heavy (non-hydrogen) atoms. The van der Waals surface area contributed by atoms with Gasteiger partial charge in [-0.15, -0.1) is 0 Å². The van der Waals surface area contributed by atoms with Crippen LogP contribution in [0.3, 0.4) is 0 Å². The van der Waals surface area contributed by atoms with Crippen molar-refractivity contribution >= 4 is 5.69 Å². The Morgan fingerprint density at radius 2 is 2.35 bits per heavy atom. The first-order valence-electron chi connectivity index (χ1n) is 4.96. The molecule has 0 aliphatic rings. The van der Waals surface area contributed by atoms with Crippen LogP contribution in [0.25, 0.3) is 0 Å². The molecule has 0 fully saturated rings. The summed E-state index contributed by atoms with van der Waals surface area (Å²) in [6.45, 7) is 0.569. The summed E-state index contributed by atoms with van der Waals surface area (Å²) in [6, 6.07) is 0. The van der Waals surface area contributed by atoms with Crippen LogP contribution in [0.1, 0.15) is 0 Å². The normalized spacial score (nSPS) is 12.5. The van der Waals surface area contributed by atoms with Gasteiger partial charge >= 0.3 is 5.69 Å². The molecule has 2 aromatic rings. The molecule has 8 heteroatoms. The molecule has 0 bridgehead atoms. The first-order chi connectivity index (χ1) is 8.15. The summed E-state index contributed by atoms with van der Waals surface area (Å²) in [5.74, 6) is 0. The maximum absolute atomic E-state index is 10.4. The van der Waals surface area contributed by atoms with Crippen LogP contribution >= 0.6 is 0 Å². The molecule has 1 unspecified atom stereocenters. The second kappa shape index (κ2) is 4.74. The van der Waals surface area contributed by atoms with E-state index < -0.39 is 11.0 Å². The molecule has 2 aromatic heterocycles. The highest BCUT2D eigenvalue weighted by molar-refractivity contribution is 5.20. The lowest BCUT2D eigenvalue weighted by molar-refractivity contribution is -0.385. The summed E-state index contributed by atoms with van der Waals surface area (Å²) in [5, 5.41) is 24.0. The molecule has 90 valence electrons. The SMILES string of the molecule is O=[N+]([O-])c1cnn(CC(O)Cn2ccnc2)c1. The van der Waals surface area contributed by atoms with Gasteiger partial charge in [0.1, 0.15) is 12.4 Å². The van der Waals surface area contributed by atoms with E-state index in [1.165, 1.54) is 10.9 Å². The molecule has 0 aliphatic carbocycles. The van der Waals surface area contributed by atoms with Gasteiger partial charge in [-0.2, -0.15) is 5.10 Å². The number of aliphatic hydroxyl groups is 1. The largest absolute Gasteiger partial charge is 0.389 e. The minimum atomic E-state index is -0.677. The summed E-state index contributed by atoms with van der Waals surface area (Å²) < 4.78 is 3.07. The number of nitro groups is 1. The second-order valence-electron chi connectivity index (χ2n) is 3.59. The van der Waals surface area contributed by atoms with Crippen molar-refractivity contribution in [3.8, 4) is 0 Å². The lowest BCUT2D eigenvalue weighted by Gasteiger charge is -2.10. The maximum Gasteiger partial charge on any atom is 0.306 e. The molecule has 2 rings (SSSR count). The fraction of sp³-hybridized carbons (Fsp3) is 0.333. The lowest BCUT2D eigenvalue weighted by Crippen LogP contribution is -2.21. The summed E-state index contributed by atoms with van der Waals surface area (Å²) >= 11 is 0. The summed E-state index contributed by atoms with van der Waals surface area (Å²) in [5.41, 5.74) is -0.0835. The third-order valence-electron chi connectivity index (χ3n) is 2.21. The molecule has 0 amide bonds. The zero-order valence-corrected chi connectivity index (χ0v) is 8.88. The molecule has 8 nitrogen and oxygen atoms in total. The van der Waals surface area contributed by atoms with Gasteiger partial charge in [0.2, 0.25) is 0 Å². The summed E-state index contributed by atoms with van der Waals surface area (Å²) in [4.78, 5) is 13.8. The van der Waals surface area contributed by atoms with E-state index in [0.717, 1.165) is 6.20 Å². The van der Waals surface area contributed by atoms with Crippen molar-refractivity contribution in [3.63, 3.8) is 0 Å². The van der Waals surface area contributed by atoms with Gasteiger partial charge in [0.25, 0.3) is 0 Å². The molecular formula is C9H11N5O3. The highest BCUT2D eigenvalue weighted by Gasteiger charge is 2.12. The number of hydrogen-bond donors (Lipinski definition) is 1. The second-order valence-corrected chi connectivity index (χ2v) is 3.59. The zero-order chi connectivity index (χ0) is 12.3. The van der Waals surface area contributed by atoms with Crippen LogP contribution < -0.4 is 0 Å². The van der Waals surface area contributed by atoms with Crippen LogP contribution in [0.15, 0.2) is 31.1 Å². The lowest BCUT2D eigenvalue weighted by atomic mass is 10.3. The van der Waals surface area contributed by atoms with Crippen molar-refractivity contribution in [3.05, 3.63) is 41.2 Å². The molecule has 0 aromatic carbocycles. The Morgan fingerprint density at radius 1 is 1.53 bits per heavy atom. The first kappa shape index (κ1) is 11.3.